The van der Waals surface area contributed by atoms with Crippen LogP contribution in [0.4, 0.5) is 14.5 Å². The first-order valence-electron chi connectivity index (χ1n) is 10.2. The molecule has 0 spiro atoms. The maximum atomic E-state index is 14.2. The third-order valence-corrected chi connectivity index (χ3v) is 5.58. The number of hydrogen-bond donors (Lipinski definition) is 1. The smallest absolute Gasteiger partial charge is 0.322 e. The van der Waals surface area contributed by atoms with E-state index in [-0.39, 0.29) is 30.1 Å². The van der Waals surface area contributed by atoms with Crippen LogP contribution in [0.1, 0.15) is 30.0 Å². The lowest BCUT2D eigenvalue weighted by Gasteiger charge is -2.21. The normalized spacial score (nSPS) is 14.7. The zero-order valence-electron chi connectivity index (χ0n) is 17.2. The number of amides is 1. The molecule has 0 unspecified atom stereocenters. The van der Waals surface area contributed by atoms with Gasteiger partial charge in [-0.15, -0.1) is 0 Å². The quantitative estimate of drug-likeness (QED) is 0.636. The maximum absolute atomic E-state index is 14.2. The highest BCUT2D eigenvalue weighted by molar-refractivity contribution is 5.94. The Hall–Kier alpha value is -3.59. The fraction of sp³-hybridized carbons (Fsp3) is 0.261. The van der Waals surface area contributed by atoms with Crippen molar-refractivity contribution in [3.05, 3.63) is 98.3 Å². The number of carbonyl (C=O) groups is 1. The molecule has 1 amide bonds. The molecule has 32 heavy (non-hydrogen) atoms. The molecular formula is C23H22F2N4O3. The molecule has 1 saturated heterocycles. The van der Waals surface area contributed by atoms with Gasteiger partial charge in [0.15, 0.2) is 0 Å². The van der Waals surface area contributed by atoms with E-state index in [9.17, 15) is 23.2 Å². The van der Waals surface area contributed by atoms with Gasteiger partial charge in [-0.25, -0.2) is 13.6 Å². The van der Waals surface area contributed by atoms with E-state index in [0.29, 0.717) is 18.5 Å². The zero-order chi connectivity index (χ0) is 22.8. The molecule has 0 aliphatic carbocycles. The minimum atomic E-state index is -0.811. The Kier molecular flexibility index (Phi) is 6.00. The van der Waals surface area contributed by atoms with Crippen molar-refractivity contribution >= 4 is 11.6 Å². The fourth-order valence-corrected chi connectivity index (χ4v) is 3.86. The van der Waals surface area contributed by atoms with Gasteiger partial charge < -0.3 is 10.6 Å². The van der Waals surface area contributed by atoms with Crippen molar-refractivity contribution in [3.63, 3.8) is 0 Å². The van der Waals surface area contributed by atoms with Gasteiger partial charge in [0.1, 0.15) is 17.3 Å². The van der Waals surface area contributed by atoms with E-state index in [4.69, 9.17) is 5.73 Å². The second-order valence-corrected chi connectivity index (χ2v) is 7.71. The molecule has 1 aliphatic heterocycles. The number of nitrogens with zero attached hydrogens (tertiary/aromatic N) is 3. The molecule has 9 heteroatoms. The lowest BCUT2D eigenvalue weighted by atomic mass is 10.1. The number of hydrogen-bond acceptors (Lipinski definition) is 4. The van der Waals surface area contributed by atoms with Crippen molar-refractivity contribution in [1.29, 1.82) is 0 Å². The van der Waals surface area contributed by atoms with E-state index in [1.165, 1.54) is 17.2 Å². The molecule has 1 aromatic heterocycles. The Balaban J connectivity index is 1.82. The van der Waals surface area contributed by atoms with E-state index < -0.39 is 35.5 Å². The van der Waals surface area contributed by atoms with Gasteiger partial charge in [-0.05, 0) is 24.1 Å². The summed E-state index contributed by atoms with van der Waals surface area (Å²) in [6.07, 6.45) is 2.05. The van der Waals surface area contributed by atoms with Crippen molar-refractivity contribution in [2.24, 2.45) is 5.73 Å². The van der Waals surface area contributed by atoms with Gasteiger partial charge in [-0.1, -0.05) is 36.4 Å². The summed E-state index contributed by atoms with van der Waals surface area (Å²) >= 11 is 0. The molecule has 1 atom stereocenters. The van der Waals surface area contributed by atoms with Crippen LogP contribution in [0.5, 0.6) is 0 Å². The summed E-state index contributed by atoms with van der Waals surface area (Å²) in [6, 6.07) is 11.7. The maximum Gasteiger partial charge on any atom is 0.331 e. The molecule has 2 N–H and O–H groups in total. The molecule has 1 aliphatic rings. The lowest BCUT2D eigenvalue weighted by molar-refractivity contribution is -0.117. The van der Waals surface area contributed by atoms with E-state index >= 15 is 0 Å². The molecule has 0 saturated carbocycles. The third-order valence-electron chi connectivity index (χ3n) is 5.58. The second-order valence-electron chi connectivity index (χ2n) is 7.71. The van der Waals surface area contributed by atoms with Crippen molar-refractivity contribution in [2.45, 2.75) is 32.0 Å². The van der Waals surface area contributed by atoms with Gasteiger partial charge in [-0.3, -0.25) is 18.7 Å². The molecule has 0 bridgehead atoms. The van der Waals surface area contributed by atoms with Crippen molar-refractivity contribution in [1.82, 2.24) is 9.13 Å². The predicted molar refractivity (Wildman–Crippen MR) is 115 cm³/mol. The molecule has 4 rings (SSSR count). The summed E-state index contributed by atoms with van der Waals surface area (Å²) in [5, 5.41) is 0. The molecule has 3 aromatic rings. The summed E-state index contributed by atoms with van der Waals surface area (Å²) in [7, 11) is 0. The largest absolute Gasteiger partial charge is 0.331 e. The molecule has 2 heterocycles. The van der Waals surface area contributed by atoms with E-state index in [0.717, 1.165) is 21.3 Å². The first kappa shape index (κ1) is 21.6. The Bertz CT molecular complexity index is 1250. The average molecular weight is 440 g/mol. The van der Waals surface area contributed by atoms with Crippen LogP contribution in [0.25, 0.3) is 0 Å². The Labute approximate surface area is 182 Å². The molecule has 166 valence electrons. The van der Waals surface area contributed by atoms with E-state index in [2.05, 4.69) is 0 Å². The van der Waals surface area contributed by atoms with Crippen molar-refractivity contribution < 1.29 is 13.6 Å². The SMILES string of the molecule is N[C@H](Cn1c(=O)c(N2CCCC2=O)cn(Cc2c(F)cccc2F)c1=O)c1ccccc1. The van der Waals surface area contributed by atoms with Crippen LogP contribution < -0.4 is 21.9 Å². The van der Waals surface area contributed by atoms with E-state index in [1.807, 2.05) is 6.07 Å². The van der Waals surface area contributed by atoms with Gasteiger partial charge in [0, 0.05) is 30.8 Å². The van der Waals surface area contributed by atoms with Crippen LogP contribution in [-0.4, -0.2) is 21.6 Å². The lowest BCUT2D eigenvalue weighted by Crippen LogP contribution is -2.45. The number of aromatic nitrogens is 2. The van der Waals surface area contributed by atoms with E-state index in [1.54, 1.807) is 24.3 Å². The van der Waals surface area contributed by atoms with Crippen LogP contribution >= 0.6 is 0 Å². The van der Waals surface area contributed by atoms with Gasteiger partial charge >= 0.3 is 5.69 Å². The summed E-state index contributed by atoms with van der Waals surface area (Å²) in [5.74, 6) is -1.87. The summed E-state index contributed by atoms with van der Waals surface area (Å²) in [5.41, 5.74) is 5.20. The summed E-state index contributed by atoms with van der Waals surface area (Å²) in [6.45, 7) is -0.268. The van der Waals surface area contributed by atoms with Crippen molar-refractivity contribution in [2.75, 3.05) is 11.4 Å². The first-order valence-corrected chi connectivity index (χ1v) is 10.2. The van der Waals surface area contributed by atoms with Crippen LogP contribution in [0.15, 0.2) is 64.3 Å². The van der Waals surface area contributed by atoms with Crippen LogP contribution in [0.2, 0.25) is 0 Å². The summed E-state index contributed by atoms with van der Waals surface area (Å²) in [4.78, 5) is 39.9. The number of anilines is 1. The predicted octanol–water partition coefficient (Wildman–Crippen LogP) is 2.16. The molecular weight excluding hydrogens is 418 g/mol. The number of nitrogens with two attached hydrogens (primary N) is 1. The molecule has 1 fully saturated rings. The minimum absolute atomic E-state index is 0.0101. The number of rotatable bonds is 6. The van der Waals surface area contributed by atoms with Crippen molar-refractivity contribution in [3.8, 4) is 0 Å². The summed E-state index contributed by atoms with van der Waals surface area (Å²) < 4.78 is 30.4. The fourth-order valence-electron chi connectivity index (χ4n) is 3.86. The van der Waals surface area contributed by atoms with Gasteiger partial charge in [0.25, 0.3) is 5.56 Å². The Morgan fingerprint density at radius 1 is 0.969 bits per heavy atom. The zero-order valence-corrected chi connectivity index (χ0v) is 17.2. The number of halogens is 2. The van der Waals surface area contributed by atoms with Gasteiger partial charge in [0.05, 0.1) is 13.1 Å². The number of benzene rings is 2. The highest BCUT2D eigenvalue weighted by Gasteiger charge is 2.27. The van der Waals surface area contributed by atoms with Gasteiger partial charge in [-0.2, -0.15) is 0 Å². The Morgan fingerprint density at radius 3 is 2.28 bits per heavy atom. The van der Waals surface area contributed by atoms with Crippen LogP contribution in [0.3, 0.4) is 0 Å². The molecule has 0 radical (unpaired) electrons. The average Bonchev–Trinajstić information content (AvgIpc) is 3.21. The third kappa shape index (κ3) is 4.11. The highest BCUT2D eigenvalue weighted by Crippen LogP contribution is 2.19. The number of carbonyl (C=O) groups excluding carboxylic acids is 1. The molecule has 7 nitrogen and oxygen atoms in total. The molecule has 2 aromatic carbocycles. The van der Waals surface area contributed by atoms with Crippen LogP contribution in [0, 0.1) is 11.6 Å². The van der Waals surface area contributed by atoms with Crippen LogP contribution in [-0.2, 0) is 17.9 Å². The minimum Gasteiger partial charge on any atom is -0.322 e. The highest BCUT2D eigenvalue weighted by atomic mass is 19.1. The monoisotopic (exact) mass is 440 g/mol. The van der Waals surface area contributed by atoms with Gasteiger partial charge in [0.2, 0.25) is 5.91 Å². The topological polar surface area (TPSA) is 90.3 Å². The Morgan fingerprint density at radius 2 is 1.66 bits per heavy atom. The standard InChI is InChI=1S/C23H22F2N4O3/c24-17-8-4-9-18(25)16(17)12-27-14-20(28-11-5-10-21(28)30)22(31)29(23(27)32)13-19(26)15-6-2-1-3-7-15/h1-4,6-9,14,19H,5,10-13,26H2/t19-/m1/s1. The first-order chi connectivity index (χ1) is 15.4. The second kappa shape index (κ2) is 8.88.